The molecule has 0 unspecified atom stereocenters. The van der Waals surface area contributed by atoms with Crippen molar-refractivity contribution < 1.29 is 0 Å². The summed E-state index contributed by atoms with van der Waals surface area (Å²) in [5.41, 5.74) is 6.07. The standard InChI is InChI=1S/C18H20.2C3H4/c1-17(2)13-9-5-7-11-15(13)18(3,4)16-12-8-6-10-14(16)17;2*1-3-2/h5-12H,1-4H3;2*1H,2H3. The van der Waals surface area contributed by atoms with E-state index in [0.717, 1.165) is 0 Å². The molecule has 0 N–H and O–H groups in total. The number of rotatable bonds is 0. The van der Waals surface area contributed by atoms with E-state index in [1.54, 1.807) is 13.8 Å². The van der Waals surface area contributed by atoms with Gasteiger partial charge in [-0.3, -0.25) is 0 Å². The average Bonchev–Trinajstić information content (AvgIpc) is 2.55. The smallest absolute Gasteiger partial charge is 0.0152 e. The summed E-state index contributed by atoms with van der Waals surface area (Å²) in [4.78, 5) is 0. The largest absolute Gasteiger partial charge is 0.120 e. The van der Waals surface area contributed by atoms with Gasteiger partial charge in [0.1, 0.15) is 0 Å². The van der Waals surface area contributed by atoms with Gasteiger partial charge in [-0.2, -0.15) is 0 Å². The second-order valence-corrected chi connectivity index (χ2v) is 6.92. The molecule has 0 aromatic heterocycles. The molecule has 124 valence electrons. The third kappa shape index (κ3) is 3.55. The summed E-state index contributed by atoms with van der Waals surface area (Å²) in [5.74, 6) is 4.50. The summed E-state index contributed by atoms with van der Waals surface area (Å²) in [6.45, 7) is 12.6. The predicted octanol–water partition coefficient (Wildman–Crippen LogP) is 5.93. The van der Waals surface area contributed by atoms with E-state index in [2.05, 4.69) is 101 Å². The quantitative estimate of drug-likeness (QED) is 0.528. The molecule has 0 atom stereocenters. The number of hydrogen-bond donors (Lipinski definition) is 0. The Labute approximate surface area is 148 Å². The third-order valence-corrected chi connectivity index (χ3v) is 4.55. The summed E-state index contributed by atoms with van der Waals surface area (Å²) in [5, 5.41) is 0. The SMILES string of the molecule is C#CC.C#CC.CC1(C)c2ccccc2C(C)(C)c2ccccc21. The van der Waals surface area contributed by atoms with Crippen molar-refractivity contribution in [1.82, 2.24) is 0 Å². The Morgan fingerprint density at radius 3 is 0.917 bits per heavy atom. The normalized spacial score (nSPS) is 14.8. The lowest BCUT2D eigenvalue weighted by molar-refractivity contribution is 0.520. The average molecular weight is 316 g/mol. The number of hydrogen-bond acceptors (Lipinski definition) is 0. The first-order chi connectivity index (χ1) is 11.3. The van der Waals surface area contributed by atoms with Gasteiger partial charge in [-0.1, -0.05) is 76.2 Å². The summed E-state index contributed by atoms with van der Waals surface area (Å²) in [6, 6.07) is 17.8. The fourth-order valence-electron chi connectivity index (χ4n) is 3.44. The van der Waals surface area contributed by atoms with Crippen LogP contribution < -0.4 is 0 Å². The van der Waals surface area contributed by atoms with Crippen molar-refractivity contribution in [3.63, 3.8) is 0 Å². The second kappa shape index (κ2) is 7.90. The van der Waals surface area contributed by atoms with E-state index < -0.39 is 0 Å². The van der Waals surface area contributed by atoms with Crippen LogP contribution in [0.25, 0.3) is 0 Å². The van der Waals surface area contributed by atoms with Gasteiger partial charge in [0.05, 0.1) is 0 Å². The van der Waals surface area contributed by atoms with Crippen LogP contribution in [0.15, 0.2) is 48.5 Å². The van der Waals surface area contributed by atoms with Crippen molar-refractivity contribution in [2.45, 2.75) is 52.4 Å². The highest BCUT2D eigenvalue weighted by Crippen LogP contribution is 2.49. The van der Waals surface area contributed by atoms with Gasteiger partial charge in [-0.15, -0.1) is 24.7 Å². The molecule has 0 heteroatoms. The molecule has 0 bridgehead atoms. The lowest BCUT2D eigenvalue weighted by Gasteiger charge is -2.43. The minimum Gasteiger partial charge on any atom is -0.120 e. The van der Waals surface area contributed by atoms with Gasteiger partial charge >= 0.3 is 0 Å². The monoisotopic (exact) mass is 316 g/mol. The van der Waals surface area contributed by atoms with Crippen LogP contribution >= 0.6 is 0 Å². The van der Waals surface area contributed by atoms with Crippen molar-refractivity contribution in [2.24, 2.45) is 0 Å². The molecule has 0 aliphatic heterocycles. The van der Waals surface area contributed by atoms with E-state index in [1.807, 2.05) is 0 Å². The Morgan fingerprint density at radius 1 is 0.583 bits per heavy atom. The zero-order chi connectivity index (χ0) is 18.4. The molecule has 0 saturated carbocycles. The molecule has 1 aliphatic rings. The van der Waals surface area contributed by atoms with Gasteiger partial charge in [0.2, 0.25) is 0 Å². The Morgan fingerprint density at radius 2 is 0.750 bits per heavy atom. The highest BCUT2D eigenvalue weighted by Gasteiger charge is 2.40. The summed E-state index contributed by atoms with van der Waals surface area (Å²) >= 11 is 0. The molecular weight excluding hydrogens is 288 g/mol. The third-order valence-electron chi connectivity index (χ3n) is 4.55. The molecule has 0 spiro atoms. The number of terminal acetylenes is 2. The lowest BCUT2D eigenvalue weighted by atomic mass is 9.60. The number of benzene rings is 2. The van der Waals surface area contributed by atoms with Crippen molar-refractivity contribution >= 4 is 0 Å². The second-order valence-electron chi connectivity index (χ2n) is 6.92. The molecule has 3 rings (SSSR count). The van der Waals surface area contributed by atoms with Crippen LogP contribution in [-0.4, -0.2) is 0 Å². The maximum absolute atomic E-state index is 4.60. The molecule has 0 fully saturated rings. The zero-order valence-corrected chi connectivity index (χ0v) is 15.8. The van der Waals surface area contributed by atoms with Crippen LogP contribution in [0.2, 0.25) is 0 Å². The van der Waals surface area contributed by atoms with Crippen molar-refractivity contribution in [3.05, 3.63) is 70.8 Å². The maximum atomic E-state index is 4.60. The molecule has 2 aromatic rings. The molecule has 2 aromatic carbocycles. The van der Waals surface area contributed by atoms with Crippen LogP contribution in [0.4, 0.5) is 0 Å². The topological polar surface area (TPSA) is 0 Å². The molecule has 0 radical (unpaired) electrons. The lowest BCUT2D eigenvalue weighted by Crippen LogP contribution is -2.36. The molecule has 0 amide bonds. The van der Waals surface area contributed by atoms with Crippen LogP contribution in [-0.2, 0) is 10.8 Å². The first-order valence-corrected chi connectivity index (χ1v) is 8.23. The number of fused-ring (bicyclic) bond motifs is 2. The summed E-state index contributed by atoms with van der Waals surface area (Å²) in [7, 11) is 0. The highest BCUT2D eigenvalue weighted by atomic mass is 14.4. The zero-order valence-electron chi connectivity index (χ0n) is 15.8. The van der Waals surface area contributed by atoms with Crippen molar-refractivity contribution in [3.8, 4) is 24.7 Å². The van der Waals surface area contributed by atoms with Gasteiger partial charge in [-0.05, 0) is 36.1 Å². The Kier molecular flexibility index (Phi) is 6.45. The molecule has 24 heavy (non-hydrogen) atoms. The van der Waals surface area contributed by atoms with Gasteiger partial charge < -0.3 is 0 Å². The molecule has 0 heterocycles. The fourth-order valence-corrected chi connectivity index (χ4v) is 3.44. The van der Waals surface area contributed by atoms with Crippen LogP contribution in [0.1, 0.15) is 63.8 Å². The van der Waals surface area contributed by atoms with Gasteiger partial charge in [0, 0.05) is 10.8 Å². The van der Waals surface area contributed by atoms with Gasteiger partial charge in [0.25, 0.3) is 0 Å². The first kappa shape index (κ1) is 19.6. The van der Waals surface area contributed by atoms with Crippen LogP contribution in [0, 0.1) is 24.7 Å². The van der Waals surface area contributed by atoms with E-state index in [4.69, 9.17) is 0 Å². The molecule has 0 saturated heterocycles. The minimum absolute atomic E-state index is 0.0999. The van der Waals surface area contributed by atoms with Crippen LogP contribution in [0.3, 0.4) is 0 Å². The Hall–Kier alpha value is -2.44. The first-order valence-electron chi connectivity index (χ1n) is 8.23. The maximum Gasteiger partial charge on any atom is 0.0152 e. The highest BCUT2D eigenvalue weighted by molar-refractivity contribution is 5.58. The van der Waals surface area contributed by atoms with E-state index in [9.17, 15) is 0 Å². The van der Waals surface area contributed by atoms with E-state index in [1.165, 1.54) is 22.3 Å². The van der Waals surface area contributed by atoms with Crippen molar-refractivity contribution in [1.29, 1.82) is 0 Å². The van der Waals surface area contributed by atoms with Gasteiger partial charge in [0.15, 0.2) is 0 Å². The fraction of sp³-hybridized carbons (Fsp3) is 0.333. The van der Waals surface area contributed by atoms with E-state index >= 15 is 0 Å². The Bertz CT molecular complexity index is 644. The summed E-state index contributed by atoms with van der Waals surface area (Å²) in [6.07, 6.45) is 9.19. The van der Waals surface area contributed by atoms with Crippen LogP contribution in [0.5, 0.6) is 0 Å². The predicted molar refractivity (Wildman–Crippen MR) is 106 cm³/mol. The van der Waals surface area contributed by atoms with Gasteiger partial charge in [-0.25, -0.2) is 0 Å². The van der Waals surface area contributed by atoms with E-state index in [-0.39, 0.29) is 10.8 Å². The van der Waals surface area contributed by atoms with Crippen molar-refractivity contribution in [2.75, 3.05) is 0 Å². The van der Waals surface area contributed by atoms with E-state index in [0.29, 0.717) is 0 Å². The Balaban J connectivity index is 0.000000423. The molecule has 1 aliphatic carbocycles. The molecule has 0 nitrogen and oxygen atoms in total. The molecular formula is C24H28. The minimum atomic E-state index is 0.0999. The summed E-state index contributed by atoms with van der Waals surface area (Å²) < 4.78 is 0.